The van der Waals surface area contributed by atoms with Crippen molar-refractivity contribution in [2.45, 2.75) is 70.3 Å². The molecule has 9 nitrogen and oxygen atoms in total. The quantitative estimate of drug-likeness (QED) is 0.160. The monoisotopic (exact) mass is 581 g/mol. The molecule has 2 aromatic rings. The lowest BCUT2D eigenvalue weighted by Crippen LogP contribution is -2.67. The van der Waals surface area contributed by atoms with Gasteiger partial charge in [0.05, 0.1) is 7.11 Å². The summed E-state index contributed by atoms with van der Waals surface area (Å²) in [5, 5.41) is 12.6. The van der Waals surface area contributed by atoms with E-state index in [0.717, 1.165) is 18.4 Å². The van der Waals surface area contributed by atoms with Gasteiger partial charge in [-0.2, -0.15) is 13.2 Å². The molecule has 2 aromatic carbocycles. The van der Waals surface area contributed by atoms with Gasteiger partial charge in [0, 0.05) is 12.8 Å². The number of alkyl halides is 3. The average Bonchev–Trinajstić information content (AvgIpc) is 2.90. The number of carboxylic acid groups (broad SMARTS) is 1. The largest absolute Gasteiger partial charge is 0.490 e. The molecule has 0 spiro atoms. The molecular formula is C29H38F3N3O6. The van der Waals surface area contributed by atoms with E-state index in [-0.39, 0.29) is 31.1 Å². The Balaban J connectivity index is 0.00000106. The van der Waals surface area contributed by atoms with Gasteiger partial charge in [-0.05, 0) is 42.7 Å². The third-order valence-electron chi connectivity index (χ3n) is 5.78. The van der Waals surface area contributed by atoms with Crippen molar-refractivity contribution in [3.63, 3.8) is 0 Å². The van der Waals surface area contributed by atoms with Crippen LogP contribution in [0.2, 0.25) is 0 Å². The molecule has 2 unspecified atom stereocenters. The highest BCUT2D eigenvalue weighted by atomic mass is 19.4. The summed E-state index contributed by atoms with van der Waals surface area (Å²) in [5.74, 6) is -4.18. The maximum absolute atomic E-state index is 13.2. The number of esters is 1. The topological polar surface area (TPSA) is 148 Å². The van der Waals surface area contributed by atoms with Crippen molar-refractivity contribution in [3.05, 3.63) is 71.8 Å². The third-order valence-corrected chi connectivity index (χ3v) is 5.78. The fraction of sp³-hybridized carbons (Fsp3) is 0.448. The van der Waals surface area contributed by atoms with Gasteiger partial charge in [0.15, 0.2) is 5.66 Å². The molecule has 0 saturated heterocycles. The van der Waals surface area contributed by atoms with Crippen LogP contribution in [-0.2, 0) is 36.8 Å². The lowest BCUT2D eigenvalue weighted by molar-refractivity contribution is -0.192. The average molecular weight is 582 g/mol. The number of amides is 2. The number of nitrogens with one attached hydrogen (secondary N) is 2. The van der Waals surface area contributed by atoms with Gasteiger partial charge in [0.25, 0.3) is 5.91 Å². The first-order chi connectivity index (χ1) is 19.2. The molecule has 226 valence electrons. The van der Waals surface area contributed by atoms with Crippen molar-refractivity contribution >= 4 is 23.8 Å². The predicted molar refractivity (Wildman–Crippen MR) is 146 cm³/mol. The normalized spacial score (nSPS) is 13.2. The van der Waals surface area contributed by atoms with E-state index in [1.807, 2.05) is 62.4 Å². The van der Waals surface area contributed by atoms with Crippen LogP contribution < -0.4 is 16.4 Å². The van der Waals surface area contributed by atoms with Crippen molar-refractivity contribution < 1.29 is 42.2 Å². The van der Waals surface area contributed by atoms with Gasteiger partial charge < -0.3 is 26.2 Å². The Morgan fingerprint density at radius 3 is 1.90 bits per heavy atom. The Hall–Kier alpha value is -3.93. The van der Waals surface area contributed by atoms with E-state index in [2.05, 4.69) is 22.8 Å². The summed E-state index contributed by atoms with van der Waals surface area (Å²) in [6.07, 6.45) is -1.92. The lowest BCUT2D eigenvalue weighted by atomic mass is 9.95. The van der Waals surface area contributed by atoms with E-state index in [9.17, 15) is 27.6 Å². The van der Waals surface area contributed by atoms with Crippen molar-refractivity contribution in [3.8, 4) is 0 Å². The zero-order chi connectivity index (χ0) is 31.1. The van der Waals surface area contributed by atoms with Gasteiger partial charge in [-0.25, -0.2) is 9.59 Å². The van der Waals surface area contributed by atoms with Gasteiger partial charge in [0.2, 0.25) is 5.91 Å². The molecule has 2 atom stereocenters. The van der Waals surface area contributed by atoms with Crippen LogP contribution in [0, 0.1) is 5.92 Å². The van der Waals surface area contributed by atoms with E-state index in [1.165, 1.54) is 12.7 Å². The Kier molecular flexibility index (Phi) is 14.6. The minimum absolute atomic E-state index is 0.0415. The van der Waals surface area contributed by atoms with Gasteiger partial charge in [0.1, 0.15) is 6.04 Å². The molecule has 0 aliphatic heterocycles. The first-order valence-electron chi connectivity index (χ1n) is 13.0. The number of carbonyl (C=O) groups is 4. The molecule has 0 radical (unpaired) electrons. The second-order valence-electron chi connectivity index (χ2n) is 9.85. The summed E-state index contributed by atoms with van der Waals surface area (Å²) < 4.78 is 36.6. The number of unbranched alkanes of at least 4 members (excludes halogenated alkanes) is 1. The van der Waals surface area contributed by atoms with Gasteiger partial charge in [-0.1, -0.05) is 74.5 Å². The second-order valence-corrected chi connectivity index (χ2v) is 9.85. The summed E-state index contributed by atoms with van der Waals surface area (Å²) in [5.41, 5.74) is 6.89. The highest BCUT2D eigenvalue weighted by Crippen LogP contribution is 2.15. The number of aryl methyl sites for hydroxylation is 1. The number of carbonyl (C=O) groups excluding carboxylic acids is 3. The molecular weight excluding hydrogens is 543 g/mol. The van der Waals surface area contributed by atoms with Crippen LogP contribution in [0.15, 0.2) is 60.7 Å². The lowest BCUT2D eigenvalue weighted by Gasteiger charge is -2.32. The molecule has 0 aliphatic carbocycles. The number of methoxy groups -OCH3 is 1. The molecule has 5 N–H and O–H groups in total. The molecule has 0 saturated carbocycles. The van der Waals surface area contributed by atoms with Crippen molar-refractivity contribution in [1.82, 2.24) is 10.6 Å². The fourth-order valence-electron chi connectivity index (χ4n) is 3.89. The van der Waals surface area contributed by atoms with Crippen LogP contribution in [0.3, 0.4) is 0 Å². The van der Waals surface area contributed by atoms with Crippen LogP contribution >= 0.6 is 0 Å². The molecule has 0 bridgehead atoms. The molecule has 0 aromatic heterocycles. The summed E-state index contributed by atoms with van der Waals surface area (Å²) in [7, 11) is 1.27. The van der Waals surface area contributed by atoms with Crippen LogP contribution in [0.5, 0.6) is 0 Å². The van der Waals surface area contributed by atoms with Crippen molar-refractivity contribution in [2.24, 2.45) is 11.7 Å². The van der Waals surface area contributed by atoms with Crippen LogP contribution in [0.1, 0.15) is 50.7 Å². The SMILES string of the molecule is COC(=O)C(Cc1ccccc1)NC(=O)C(N)(CC(C)C)NC(=O)CCCCc1ccccc1.O=C(O)C(F)(F)F. The number of hydrogen-bond acceptors (Lipinski definition) is 6. The number of rotatable bonds is 13. The van der Waals surface area contributed by atoms with E-state index < -0.39 is 35.7 Å². The summed E-state index contributed by atoms with van der Waals surface area (Å²) in [4.78, 5) is 47.1. The maximum atomic E-state index is 13.2. The standard InChI is InChI=1S/C27H37N3O4.C2HF3O2/c1-20(2)19-27(28,30-24(31)17-11-10-14-21-12-6-4-7-13-21)26(33)29-23(25(32)34-3)18-22-15-8-5-9-16-22;3-2(4,5)1(6)7/h4-9,12-13,15-16,20,23H,10-11,14,17-19,28H2,1-3H3,(H,29,33)(H,30,31);(H,6,7). The number of ether oxygens (including phenoxy) is 1. The Labute approximate surface area is 237 Å². The van der Waals surface area contributed by atoms with Gasteiger partial charge in [-0.15, -0.1) is 0 Å². The zero-order valence-corrected chi connectivity index (χ0v) is 23.4. The Morgan fingerprint density at radius 1 is 0.927 bits per heavy atom. The highest BCUT2D eigenvalue weighted by Gasteiger charge is 2.39. The van der Waals surface area contributed by atoms with Crippen LogP contribution in [-0.4, -0.2) is 53.9 Å². The summed E-state index contributed by atoms with van der Waals surface area (Å²) in [6.45, 7) is 3.84. The van der Waals surface area contributed by atoms with E-state index >= 15 is 0 Å². The molecule has 2 rings (SSSR count). The van der Waals surface area contributed by atoms with Gasteiger partial charge in [-0.3, -0.25) is 9.59 Å². The first-order valence-corrected chi connectivity index (χ1v) is 13.0. The number of carboxylic acids is 1. The fourth-order valence-corrected chi connectivity index (χ4v) is 3.89. The molecule has 0 fully saturated rings. The number of benzene rings is 2. The van der Waals surface area contributed by atoms with E-state index in [0.29, 0.717) is 6.42 Å². The smallest absolute Gasteiger partial charge is 0.475 e. The van der Waals surface area contributed by atoms with E-state index in [4.69, 9.17) is 20.4 Å². The second kappa shape index (κ2) is 17.0. The number of halogens is 3. The van der Waals surface area contributed by atoms with Gasteiger partial charge >= 0.3 is 18.1 Å². The highest BCUT2D eigenvalue weighted by molar-refractivity contribution is 5.93. The zero-order valence-electron chi connectivity index (χ0n) is 23.4. The predicted octanol–water partition coefficient (Wildman–Crippen LogP) is 3.75. The number of hydrogen-bond donors (Lipinski definition) is 4. The molecule has 12 heteroatoms. The Bertz CT molecular complexity index is 1110. The number of aliphatic carboxylic acids is 1. The molecule has 2 amide bonds. The minimum Gasteiger partial charge on any atom is -0.475 e. The molecule has 41 heavy (non-hydrogen) atoms. The van der Waals surface area contributed by atoms with E-state index in [1.54, 1.807) is 0 Å². The minimum atomic E-state index is -5.08. The Morgan fingerprint density at radius 2 is 1.44 bits per heavy atom. The summed E-state index contributed by atoms with van der Waals surface area (Å²) in [6, 6.07) is 18.5. The van der Waals surface area contributed by atoms with Crippen molar-refractivity contribution in [1.29, 1.82) is 0 Å². The molecule has 0 heterocycles. The van der Waals surface area contributed by atoms with Crippen LogP contribution in [0.25, 0.3) is 0 Å². The first kappa shape index (κ1) is 35.1. The summed E-state index contributed by atoms with van der Waals surface area (Å²) >= 11 is 0. The molecule has 0 aliphatic rings. The number of nitrogens with two attached hydrogens (primary N) is 1. The van der Waals surface area contributed by atoms with Crippen molar-refractivity contribution in [2.75, 3.05) is 7.11 Å². The van der Waals surface area contributed by atoms with Crippen LogP contribution in [0.4, 0.5) is 13.2 Å². The third kappa shape index (κ3) is 13.8. The maximum Gasteiger partial charge on any atom is 0.490 e.